The van der Waals surface area contributed by atoms with Crippen molar-refractivity contribution in [1.29, 1.82) is 0 Å². The number of rotatable bonds is 8. The zero-order valence-electron chi connectivity index (χ0n) is 16.4. The van der Waals surface area contributed by atoms with Crippen LogP contribution in [0.15, 0.2) is 53.4 Å². The lowest BCUT2D eigenvalue weighted by atomic mass is 9.87. The molecule has 7 nitrogen and oxygen atoms in total. The van der Waals surface area contributed by atoms with Crippen LogP contribution in [0.2, 0.25) is 5.02 Å². The van der Waals surface area contributed by atoms with Crippen LogP contribution < -0.4 is 14.9 Å². The third-order valence-electron chi connectivity index (χ3n) is 4.97. The van der Waals surface area contributed by atoms with Gasteiger partial charge in [0.15, 0.2) is 0 Å². The van der Waals surface area contributed by atoms with Gasteiger partial charge in [0.25, 0.3) is 5.92 Å². The normalized spacial score (nSPS) is 16.8. The lowest BCUT2D eigenvalue weighted by Gasteiger charge is -2.37. The number of hydrogen-bond acceptors (Lipinski definition) is 4. The van der Waals surface area contributed by atoms with Gasteiger partial charge in [-0.2, -0.15) is 0 Å². The Morgan fingerprint density at radius 1 is 1.23 bits per heavy atom. The molecule has 0 bridgehead atoms. The van der Waals surface area contributed by atoms with Gasteiger partial charge >= 0.3 is 0 Å². The van der Waals surface area contributed by atoms with E-state index in [2.05, 4.69) is 10.0 Å². The summed E-state index contributed by atoms with van der Waals surface area (Å²) in [5, 5.41) is 2.72. The maximum atomic E-state index is 13.2. The Hall–Kier alpha value is -2.56. The van der Waals surface area contributed by atoms with Gasteiger partial charge in [-0.3, -0.25) is 14.5 Å². The summed E-state index contributed by atoms with van der Waals surface area (Å²) in [7, 11) is -2.57. The molecule has 2 N–H and O–H groups in total. The fraction of sp³-hybridized carbons (Fsp3) is 0.300. The maximum Gasteiger partial charge on any atom is 0.252 e. The van der Waals surface area contributed by atoms with Crippen LogP contribution in [0.3, 0.4) is 0 Å². The molecule has 2 aromatic carbocycles. The number of carbonyl (C=O) groups excluding carboxylic acids is 2. The van der Waals surface area contributed by atoms with E-state index < -0.39 is 46.8 Å². The highest BCUT2D eigenvalue weighted by molar-refractivity contribution is 7.89. The summed E-state index contributed by atoms with van der Waals surface area (Å²) in [5.74, 6) is -3.54. The molecule has 0 radical (unpaired) electrons. The molecule has 11 heteroatoms. The fourth-order valence-corrected chi connectivity index (χ4v) is 4.37. The second-order valence-corrected chi connectivity index (χ2v) is 9.41. The van der Waals surface area contributed by atoms with Crippen LogP contribution in [0.4, 0.5) is 14.5 Å². The van der Waals surface area contributed by atoms with Gasteiger partial charge < -0.3 is 5.32 Å². The number of amides is 2. The molecule has 1 fully saturated rings. The van der Waals surface area contributed by atoms with Crippen molar-refractivity contribution in [3.05, 3.63) is 59.1 Å². The van der Waals surface area contributed by atoms with Crippen molar-refractivity contribution >= 4 is 39.6 Å². The molecular weight excluding hydrogens is 452 g/mol. The van der Waals surface area contributed by atoms with Crippen molar-refractivity contribution < 1.29 is 26.8 Å². The van der Waals surface area contributed by atoms with Gasteiger partial charge in [-0.1, -0.05) is 35.9 Å². The SMILES string of the molecule is CNS(=O)(=O)c1cccc(N(C=O)[C@H](C(=O)NC2CC(F)(F)C2)c2ccccc2Cl)c1. The van der Waals surface area contributed by atoms with Crippen molar-refractivity contribution in [2.45, 2.75) is 35.7 Å². The summed E-state index contributed by atoms with van der Waals surface area (Å²) in [6.07, 6.45) is -0.621. The predicted molar refractivity (Wildman–Crippen MR) is 112 cm³/mol. The summed E-state index contributed by atoms with van der Waals surface area (Å²) in [5.41, 5.74) is 0.382. The van der Waals surface area contributed by atoms with Crippen molar-refractivity contribution in [3.8, 4) is 0 Å². The van der Waals surface area contributed by atoms with Crippen LogP contribution >= 0.6 is 11.6 Å². The average Bonchev–Trinajstić information content (AvgIpc) is 2.71. The van der Waals surface area contributed by atoms with Crippen molar-refractivity contribution in [2.75, 3.05) is 11.9 Å². The number of carbonyl (C=O) groups is 2. The Kier molecular flexibility index (Phi) is 6.63. The third kappa shape index (κ3) is 5.03. The molecule has 0 heterocycles. The van der Waals surface area contributed by atoms with Gasteiger partial charge in [0.1, 0.15) is 6.04 Å². The second-order valence-electron chi connectivity index (χ2n) is 7.11. The molecule has 0 aliphatic heterocycles. The molecule has 1 aliphatic rings. The minimum Gasteiger partial charge on any atom is -0.351 e. The van der Waals surface area contributed by atoms with Crippen LogP contribution in [0, 0.1) is 0 Å². The first-order valence-corrected chi connectivity index (χ1v) is 11.1. The van der Waals surface area contributed by atoms with E-state index in [0.717, 1.165) is 4.90 Å². The van der Waals surface area contributed by atoms with Gasteiger partial charge in [0.2, 0.25) is 22.3 Å². The lowest BCUT2D eigenvalue weighted by molar-refractivity contribution is -0.131. The second kappa shape index (κ2) is 8.89. The van der Waals surface area contributed by atoms with Crippen molar-refractivity contribution in [2.24, 2.45) is 0 Å². The minimum atomic E-state index is -3.81. The van der Waals surface area contributed by atoms with Gasteiger partial charge in [0, 0.05) is 35.2 Å². The summed E-state index contributed by atoms with van der Waals surface area (Å²) in [6.45, 7) is 0. The van der Waals surface area contributed by atoms with Gasteiger partial charge in [0.05, 0.1) is 4.90 Å². The van der Waals surface area contributed by atoms with E-state index in [4.69, 9.17) is 11.6 Å². The first-order chi connectivity index (χ1) is 14.6. The van der Waals surface area contributed by atoms with E-state index >= 15 is 0 Å². The standard InChI is InChI=1S/C20H20ClF2N3O4S/c1-24-31(29,30)15-6-4-5-14(9-15)26(12-27)18(16-7-2-3-8-17(16)21)19(28)25-13-10-20(22,23)11-13/h2-9,12-13,18,24H,10-11H2,1H3,(H,25,28)/t18-/m0/s1. The van der Waals surface area contributed by atoms with E-state index in [9.17, 15) is 26.8 Å². The zero-order valence-corrected chi connectivity index (χ0v) is 18.0. The molecule has 2 amide bonds. The molecule has 2 aromatic rings. The number of sulfonamides is 1. The monoisotopic (exact) mass is 471 g/mol. The quantitative estimate of drug-likeness (QED) is 0.579. The largest absolute Gasteiger partial charge is 0.351 e. The lowest BCUT2D eigenvalue weighted by Crippen LogP contribution is -2.53. The Morgan fingerprint density at radius 3 is 2.48 bits per heavy atom. The Balaban J connectivity index is 2.01. The van der Waals surface area contributed by atoms with E-state index in [0.29, 0.717) is 6.41 Å². The van der Waals surface area contributed by atoms with Crippen LogP contribution in [-0.4, -0.2) is 39.7 Å². The van der Waals surface area contributed by atoms with E-state index in [-0.39, 0.29) is 21.2 Å². The van der Waals surface area contributed by atoms with E-state index in [1.54, 1.807) is 12.1 Å². The minimum absolute atomic E-state index is 0.115. The first-order valence-electron chi connectivity index (χ1n) is 9.28. The summed E-state index contributed by atoms with van der Waals surface area (Å²) in [4.78, 5) is 26.0. The van der Waals surface area contributed by atoms with E-state index in [1.807, 2.05) is 0 Å². The molecule has 3 rings (SSSR count). The van der Waals surface area contributed by atoms with Crippen LogP contribution in [0.5, 0.6) is 0 Å². The highest BCUT2D eigenvalue weighted by Crippen LogP contribution is 2.38. The van der Waals surface area contributed by atoms with Crippen LogP contribution in [0.25, 0.3) is 0 Å². The molecule has 31 heavy (non-hydrogen) atoms. The van der Waals surface area contributed by atoms with Gasteiger partial charge in [-0.05, 0) is 31.3 Å². The summed E-state index contributed by atoms with van der Waals surface area (Å²) in [6, 6.07) is 9.72. The summed E-state index contributed by atoms with van der Waals surface area (Å²) >= 11 is 6.26. The zero-order chi connectivity index (χ0) is 22.8. The highest BCUT2D eigenvalue weighted by Gasteiger charge is 2.47. The van der Waals surface area contributed by atoms with E-state index in [1.165, 1.54) is 43.4 Å². The van der Waals surface area contributed by atoms with Crippen molar-refractivity contribution in [1.82, 2.24) is 10.0 Å². The Labute approximate surface area is 183 Å². The average molecular weight is 472 g/mol. The predicted octanol–water partition coefficient (Wildman–Crippen LogP) is 2.87. The number of anilines is 1. The molecule has 1 aliphatic carbocycles. The first kappa shape index (κ1) is 23.1. The number of alkyl halides is 2. The Bertz CT molecular complexity index is 1090. The summed E-state index contributed by atoms with van der Waals surface area (Å²) < 4.78 is 52.9. The van der Waals surface area contributed by atoms with Crippen LogP contribution in [-0.2, 0) is 19.6 Å². The molecule has 1 saturated carbocycles. The molecule has 0 spiro atoms. The molecule has 0 unspecified atom stereocenters. The van der Waals surface area contributed by atoms with Crippen molar-refractivity contribution in [3.63, 3.8) is 0 Å². The van der Waals surface area contributed by atoms with Crippen LogP contribution in [0.1, 0.15) is 24.4 Å². The molecule has 1 atom stereocenters. The Morgan fingerprint density at radius 2 is 1.90 bits per heavy atom. The smallest absolute Gasteiger partial charge is 0.252 e. The highest BCUT2D eigenvalue weighted by atomic mass is 35.5. The number of nitrogens with zero attached hydrogens (tertiary/aromatic N) is 1. The number of nitrogens with one attached hydrogen (secondary N) is 2. The molecule has 0 saturated heterocycles. The molecule has 166 valence electrons. The van der Waals surface area contributed by atoms with Gasteiger partial charge in [-0.15, -0.1) is 0 Å². The third-order valence-corrected chi connectivity index (χ3v) is 6.73. The number of halogens is 3. The molecular formula is C20H20ClF2N3O4S. The number of benzene rings is 2. The number of hydrogen-bond donors (Lipinski definition) is 2. The topological polar surface area (TPSA) is 95.6 Å². The van der Waals surface area contributed by atoms with Gasteiger partial charge in [-0.25, -0.2) is 21.9 Å². The molecule has 0 aromatic heterocycles. The fourth-order valence-electron chi connectivity index (χ4n) is 3.36. The maximum absolute atomic E-state index is 13.2.